The quantitative estimate of drug-likeness (QED) is 0.688. The van der Waals surface area contributed by atoms with Crippen LogP contribution in [0.15, 0.2) is 48.7 Å². The molecule has 0 unspecified atom stereocenters. The summed E-state index contributed by atoms with van der Waals surface area (Å²) in [5.41, 5.74) is 0.781. The second-order valence-electron chi connectivity index (χ2n) is 6.39. The minimum Gasteiger partial charge on any atom is -0.478 e. The van der Waals surface area contributed by atoms with Gasteiger partial charge in [0.1, 0.15) is 17.3 Å². The van der Waals surface area contributed by atoms with E-state index in [-0.39, 0.29) is 11.4 Å². The third kappa shape index (κ3) is 4.03. The molecule has 3 aromatic rings. The van der Waals surface area contributed by atoms with Crippen LogP contribution >= 0.6 is 0 Å². The number of nitrogens with one attached hydrogen (secondary N) is 1. The van der Waals surface area contributed by atoms with Crippen LogP contribution in [-0.4, -0.2) is 34.1 Å². The van der Waals surface area contributed by atoms with E-state index in [4.69, 9.17) is 9.47 Å². The summed E-state index contributed by atoms with van der Waals surface area (Å²) in [4.78, 5) is 16.9. The van der Waals surface area contributed by atoms with Gasteiger partial charge in [0.2, 0.25) is 12.7 Å². The van der Waals surface area contributed by atoms with Crippen molar-refractivity contribution < 1.29 is 23.0 Å². The third-order valence-corrected chi connectivity index (χ3v) is 4.51. The van der Waals surface area contributed by atoms with E-state index in [0.29, 0.717) is 30.3 Å². The number of alkyl halides is 1. The van der Waals surface area contributed by atoms with E-state index in [1.807, 2.05) is 0 Å². The Balaban J connectivity index is 1.64. The zero-order valence-corrected chi connectivity index (χ0v) is 15.3. The van der Waals surface area contributed by atoms with Gasteiger partial charge >= 0.3 is 0 Å². The van der Waals surface area contributed by atoms with Crippen molar-refractivity contribution in [2.75, 3.05) is 13.5 Å². The summed E-state index contributed by atoms with van der Waals surface area (Å²) in [6.07, 6.45) is 2.26. The van der Waals surface area contributed by atoms with Crippen molar-refractivity contribution in [3.8, 4) is 11.6 Å². The second-order valence-corrected chi connectivity index (χ2v) is 6.39. The van der Waals surface area contributed by atoms with E-state index in [1.165, 1.54) is 30.5 Å². The normalized spacial score (nSPS) is 13.9. The maximum absolute atomic E-state index is 14.4. The molecule has 0 saturated carbocycles. The average Bonchev–Trinajstić information content (AvgIpc) is 3.18. The first-order chi connectivity index (χ1) is 14.2. The molecule has 0 aliphatic carbocycles. The number of carbonyl (C=O) groups is 1. The fourth-order valence-corrected chi connectivity index (χ4v) is 3.12. The lowest BCUT2D eigenvalue weighted by Crippen LogP contribution is -2.31. The molecular weight excluding hydrogens is 382 g/mol. The molecule has 7 nitrogen and oxygen atoms in total. The summed E-state index contributed by atoms with van der Waals surface area (Å²) in [6, 6.07) is 9.73. The van der Waals surface area contributed by atoms with Crippen LogP contribution < -0.4 is 14.8 Å². The van der Waals surface area contributed by atoms with Gasteiger partial charge in [0.15, 0.2) is 5.69 Å². The first-order valence-corrected chi connectivity index (χ1v) is 9.06. The van der Waals surface area contributed by atoms with Crippen LogP contribution in [0.1, 0.15) is 34.2 Å². The average molecular weight is 400 g/mol. The molecule has 1 N–H and O–H groups in total. The molecule has 4 rings (SSSR count). The van der Waals surface area contributed by atoms with Crippen molar-refractivity contribution in [1.82, 2.24) is 20.1 Å². The van der Waals surface area contributed by atoms with Gasteiger partial charge in [0.05, 0.1) is 12.6 Å². The number of amides is 1. The smallest absolute Gasteiger partial charge is 0.272 e. The summed E-state index contributed by atoms with van der Waals surface area (Å²) in [6.45, 7) is 0.278. The van der Waals surface area contributed by atoms with Gasteiger partial charge in [0.25, 0.3) is 5.91 Å². The Labute approximate surface area is 165 Å². The van der Waals surface area contributed by atoms with Gasteiger partial charge in [0, 0.05) is 25.2 Å². The largest absolute Gasteiger partial charge is 0.478 e. The molecule has 1 amide bonds. The number of pyridine rings is 1. The number of aromatic nitrogens is 3. The molecule has 0 spiro atoms. The molecule has 0 bridgehead atoms. The number of benzene rings is 1. The number of fused-ring (bicyclic) bond motifs is 1. The zero-order valence-electron chi connectivity index (χ0n) is 15.3. The molecule has 150 valence electrons. The van der Waals surface area contributed by atoms with Gasteiger partial charge in [-0.05, 0) is 29.8 Å². The van der Waals surface area contributed by atoms with Crippen molar-refractivity contribution in [2.24, 2.45) is 0 Å². The van der Waals surface area contributed by atoms with Crippen LogP contribution in [0, 0.1) is 5.82 Å². The van der Waals surface area contributed by atoms with E-state index in [2.05, 4.69) is 15.4 Å². The number of hydrogen-bond donors (Lipinski definition) is 1. The van der Waals surface area contributed by atoms with E-state index < -0.39 is 24.6 Å². The van der Waals surface area contributed by atoms with Gasteiger partial charge in [-0.25, -0.2) is 13.5 Å². The summed E-state index contributed by atoms with van der Waals surface area (Å²) in [7, 11) is 0. The number of halogens is 2. The molecule has 0 saturated heterocycles. The number of carbonyl (C=O) groups excluding carboxylic acids is 1. The summed E-state index contributed by atoms with van der Waals surface area (Å²) < 4.78 is 38.7. The predicted molar refractivity (Wildman–Crippen MR) is 98.9 cm³/mol. The lowest BCUT2D eigenvalue weighted by molar-refractivity contribution is 0.0935. The standard InChI is InChI=1S/C20H18F2N4O3/c21-12-29-14-6-4-13(5-7-14)18(19-15(22)3-1-8-23-19)24-20(27)16-11-17-26(25-16)9-2-10-28-17/h1,3-8,11,18H,2,9-10,12H2,(H,24,27)/t18-/m0/s1. The molecular formula is C20H18F2N4O3. The number of ether oxygens (including phenoxy) is 2. The van der Waals surface area contributed by atoms with Crippen LogP contribution in [0.2, 0.25) is 0 Å². The molecule has 1 atom stereocenters. The number of rotatable bonds is 6. The maximum atomic E-state index is 14.4. The minimum atomic E-state index is -0.957. The third-order valence-electron chi connectivity index (χ3n) is 4.51. The summed E-state index contributed by atoms with van der Waals surface area (Å²) >= 11 is 0. The summed E-state index contributed by atoms with van der Waals surface area (Å²) in [5, 5.41) is 7.04. The van der Waals surface area contributed by atoms with E-state index in [9.17, 15) is 13.6 Å². The number of nitrogens with zero attached hydrogens (tertiary/aromatic N) is 3. The molecule has 1 aliphatic heterocycles. The van der Waals surface area contributed by atoms with Crippen molar-refractivity contribution >= 4 is 5.91 Å². The number of hydrogen-bond acceptors (Lipinski definition) is 5. The van der Waals surface area contributed by atoms with Crippen molar-refractivity contribution in [3.63, 3.8) is 0 Å². The van der Waals surface area contributed by atoms with Crippen LogP contribution in [0.5, 0.6) is 11.6 Å². The minimum absolute atomic E-state index is 0.0558. The fourth-order valence-electron chi connectivity index (χ4n) is 3.12. The molecule has 0 fully saturated rings. The lowest BCUT2D eigenvalue weighted by Gasteiger charge is -2.19. The second kappa shape index (κ2) is 8.26. The Kier molecular flexibility index (Phi) is 5.37. The van der Waals surface area contributed by atoms with Gasteiger partial charge in [-0.2, -0.15) is 5.10 Å². The van der Waals surface area contributed by atoms with E-state index in [1.54, 1.807) is 22.9 Å². The maximum Gasteiger partial charge on any atom is 0.272 e. The predicted octanol–water partition coefficient (Wildman–Crippen LogP) is 3.02. The molecule has 3 heterocycles. The van der Waals surface area contributed by atoms with Crippen LogP contribution in [0.3, 0.4) is 0 Å². The van der Waals surface area contributed by atoms with Crippen LogP contribution in [0.25, 0.3) is 0 Å². The molecule has 9 heteroatoms. The Morgan fingerprint density at radius 2 is 2.14 bits per heavy atom. The fraction of sp³-hybridized carbons (Fsp3) is 0.250. The van der Waals surface area contributed by atoms with Crippen LogP contribution in [-0.2, 0) is 6.54 Å². The van der Waals surface area contributed by atoms with Gasteiger partial charge in [-0.15, -0.1) is 0 Å². The van der Waals surface area contributed by atoms with Gasteiger partial charge in [-0.1, -0.05) is 12.1 Å². The number of aryl methyl sites for hydroxylation is 1. The van der Waals surface area contributed by atoms with Gasteiger partial charge in [-0.3, -0.25) is 9.78 Å². The highest BCUT2D eigenvalue weighted by Crippen LogP contribution is 2.26. The topological polar surface area (TPSA) is 78.3 Å². The highest BCUT2D eigenvalue weighted by molar-refractivity contribution is 5.93. The van der Waals surface area contributed by atoms with Crippen molar-refractivity contribution in [1.29, 1.82) is 0 Å². The molecule has 1 aliphatic rings. The Morgan fingerprint density at radius 3 is 2.86 bits per heavy atom. The van der Waals surface area contributed by atoms with Gasteiger partial charge < -0.3 is 14.8 Å². The van der Waals surface area contributed by atoms with E-state index in [0.717, 1.165) is 6.42 Å². The molecule has 1 aromatic carbocycles. The highest BCUT2D eigenvalue weighted by atomic mass is 19.1. The Morgan fingerprint density at radius 1 is 1.31 bits per heavy atom. The molecule has 29 heavy (non-hydrogen) atoms. The molecule has 2 aromatic heterocycles. The van der Waals surface area contributed by atoms with Crippen molar-refractivity contribution in [2.45, 2.75) is 19.0 Å². The summed E-state index contributed by atoms with van der Waals surface area (Å²) in [5.74, 6) is -0.208. The highest BCUT2D eigenvalue weighted by Gasteiger charge is 2.25. The van der Waals surface area contributed by atoms with E-state index >= 15 is 0 Å². The Bertz CT molecular complexity index is 984. The first-order valence-electron chi connectivity index (χ1n) is 9.06. The monoisotopic (exact) mass is 400 g/mol. The first kappa shape index (κ1) is 18.9. The zero-order chi connectivity index (χ0) is 20.2. The molecule has 0 radical (unpaired) electrons. The van der Waals surface area contributed by atoms with Crippen LogP contribution in [0.4, 0.5) is 8.78 Å². The SMILES string of the molecule is O=C(N[C@@H](c1ccc(OCF)cc1)c1ncccc1F)c1cc2n(n1)CCCO2. The Hall–Kier alpha value is -3.49. The lowest BCUT2D eigenvalue weighted by atomic mass is 10.0. The van der Waals surface area contributed by atoms with Crippen molar-refractivity contribution in [3.05, 3.63) is 71.4 Å².